The summed E-state index contributed by atoms with van der Waals surface area (Å²) in [5.41, 5.74) is 2.09. The molecule has 0 atom stereocenters. The summed E-state index contributed by atoms with van der Waals surface area (Å²) < 4.78 is 11.3. The van der Waals surface area contributed by atoms with Crippen molar-refractivity contribution in [3.05, 3.63) is 58.7 Å². The molecule has 0 saturated carbocycles. The molecule has 8 heteroatoms. The van der Waals surface area contributed by atoms with E-state index >= 15 is 0 Å². The third-order valence-electron chi connectivity index (χ3n) is 5.54. The van der Waals surface area contributed by atoms with Crippen LogP contribution in [0.4, 0.5) is 10.5 Å². The highest BCUT2D eigenvalue weighted by molar-refractivity contribution is 9.10. The Labute approximate surface area is 188 Å². The Morgan fingerprint density at radius 1 is 1.16 bits per heavy atom. The number of rotatable bonds is 7. The molecule has 2 aromatic carbocycles. The van der Waals surface area contributed by atoms with Crippen LogP contribution in [0.3, 0.4) is 0 Å². The van der Waals surface area contributed by atoms with Gasteiger partial charge in [-0.25, -0.2) is 4.79 Å². The lowest BCUT2D eigenvalue weighted by atomic mass is 9.89. The number of nitrogens with one attached hydrogen (secondary N) is 1. The molecule has 1 N–H and O–H groups in total. The van der Waals surface area contributed by atoms with Gasteiger partial charge in [-0.2, -0.15) is 0 Å². The summed E-state index contributed by atoms with van der Waals surface area (Å²) in [6.45, 7) is 2.97. The maximum Gasteiger partial charge on any atom is 0.411 e. The number of likely N-dealkylation sites (tertiary alicyclic amines) is 1. The van der Waals surface area contributed by atoms with Crippen LogP contribution in [0.25, 0.3) is 11.0 Å². The summed E-state index contributed by atoms with van der Waals surface area (Å²) >= 11 is 3.40. The van der Waals surface area contributed by atoms with E-state index in [4.69, 9.17) is 9.26 Å². The number of fused-ring (bicyclic) bond motifs is 1. The summed E-state index contributed by atoms with van der Waals surface area (Å²) in [4.78, 5) is 27.0. The van der Waals surface area contributed by atoms with Gasteiger partial charge in [0.15, 0.2) is 11.4 Å². The first-order chi connectivity index (χ1) is 15.1. The molecule has 2 heterocycles. The molecule has 1 aliphatic rings. The second-order valence-electron chi connectivity index (χ2n) is 7.68. The van der Waals surface area contributed by atoms with Crippen LogP contribution in [0, 0.1) is 5.92 Å². The monoisotopic (exact) mass is 485 g/mol. The maximum atomic E-state index is 12.7. The number of nitrogens with zero attached hydrogens (tertiary/aromatic N) is 2. The Bertz CT molecular complexity index is 1040. The minimum absolute atomic E-state index is 0.0854. The molecule has 0 unspecified atom stereocenters. The number of piperidine rings is 1. The maximum absolute atomic E-state index is 12.7. The van der Waals surface area contributed by atoms with E-state index in [1.165, 1.54) is 0 Å². The highest BCUT2D eigenvalue weighted by atomic mass is 79.9. The second kappa shape index (κ2) is 10.1. The van der Waals surface area contributed by atoms with Crippen LogP contribution in [0.1, 0.15) is 29.6 Å². The minimum atomic E-state index is -0.477. The standard InChI is InChI=1S/C23H24BrN3O4/c24-19-4-2-16(3-5-19)22(28)17-8-11-27(12-9-17)10-1-13-30-23(29)26-20-6-7-21-18(14-20)15-25-31-21/h2-7,14-15,17H,1,8-13H2,(H,26,29). The molecule has 0 bridgehead atoms. The van der Waals surface area contributed by atoms with Gasteiger partial charge in [0.25, 0.3) is 0 Å². The number of halogens is 1. The number of aromatic nitrogens is 1. The molecule has 1 saturated heterocycles. The van der Waals surface area contributed by atoms with Gasteiger partial charge in [-0.15, -0.1) is 0 Å². The second-order valence-corrected chi connectivity index (χ2v) is 8.60. The SMILES string of the molecule is O=C(Nc1ccc2oncc2c1)OCCCN1CCC(C(=O)c2ccc(Br)cc2)CC1. The first-order valence-electron chi connectivity index (χ1n) is 10.4. The van der Waals surface area contributed by atoms with Crippen LogP contribution >= 0.6 is 15.9 Å². The molecule has 1 fully saturated rings. The van der Waals surface area contributed by atoms with Crippen LogP contribution in [0.5, 0.6) is 0 Å². The van der Waals surface area contributed by atoms with Crippen molar-refractivity contribution in [3.63, 3.8) is 0 Å². The van der Waals surface area contributed by atoms with Gasteiger partial charge >= 0.3 is 6.09 Å². The normalized spacial score (nSPS) is 15.1. The molecule has 1 aliphatic heterocycles. The molecular weight excluding hydrogens is 462 g/mol. The van der Waals surface area contributed by atoms with E-state index in [1.807, 2.05) is 24.3 Å². The van der Waals surface area contributed by atoms with Gasteiger partial charge in [-0.1, -0.05) is 33.2 Å². The Morgan fingerprint density at radius 3 is 2.71 bits per heavy atom. The van der Waals surface area contributed by atoms with Gasteiger partial charge in [-0.05, 0) is 62.7 Å². The number of hydrogen-bond acceptors (Lipinski definition) is 6. The van der Waals surface area contributed by atoms with Crippen molar-refractivity contribution in [2.75, 3.05) is 31.6 Å². The molecule has 0 spiro atoms. The van der Waals surface area contributed by atoms with E-state index in [0.717, 1.165) is 54.3 Å². The third kappa shape index (κ3) is 5.71. The Kier molecular flexibility index (Phi) is 6.99. The molecule has 1 aromatic heterocycles. The fraction of sp³-hybridized carbons (Fsp3) is 0.348. The minimum Gasteiger partial charge on any atom is -0.449 e. The first-order valence-corrected chi connectivity index (χ1v) is 11.2. The molecular formula is C23H24BrN3O4. The van der Waals surface area contributed by atoms with Crippen LogP contribution in [-0.2, 0) is 4.74 Å². The zero-order valence-corrected chi connectivity index (χ0v) is 18.6. The smallest absolute Gasteiger partial charge is 0.411 e. The van der Waals surface area contributed by atoms with E-state index < -0.39 is 6.09 Å². The molecule has 162 valence electrons. The van der Waals surface area contributed by atoms with Crippen molar-refractivity contribution < 1.29 is 18.8 Å². The highest BCUT2D eigenvalue weighted by Gasteiger charge is 2.25. The number of ketones is 1. The molecule has 0 radical (unpaired) electrons. The average molecular weight is 486 g/mol. The van der Waals surface area contributed by atoms with Crippen molar-refractivity contribution in [1.82, 2.24) is 10.1 Å². The van der Waals surface area contributed by atoms with Crippen molar-refractivity contribution in [1.29, 1.82) is 0 Å². The number of ether oxygens (including phenoxy) is 1. The molecule has 0 aliphatic carbocycles. The van der Waals surface area contributed by atoms with Crippen molar-refractivity contribution in [3.8, 4) is 0 Å². The van der Waals surface area contributed by atoms with Crippen molar-refractivity contribution in [2.45, 2.75) is 19.3 Å². The predicted molar refractivity (Wildman–Crippen MR) is 121 cm³/mol. The first kappa shape index (κ1) is 21.5. The Hall–Kier alpha value is -2.71. The number of carbonyl (C=O) groups is 2. The summed E-state index contributed by atoms with van der Waals surface area (Å²) in [5, 5.41) is 7.25. The molecule has 1 amide bonds. The van der Waals surface area contributed by atoms with E-state index in [-0.39, 0.29) is 11.7 Å². The van der Waals surface area contributed by atoms with E-state index in [1.54, 1.807) is 24.4 Å². The number of carbonyl (C=O) groups excluding carboxylic acids is 2. The lowest BCUT2D eigenvalue weighted by molar-refractivity contribution is 0.0830. The number of hydrogen-bond donors (Lipinski definition) is 1. The fourth-order valence-corrected chi connectivity index (χ4v) is 4.09. The van der Waals surface area contributed by atoms with E-state index in [2.05, 4.69) is 31.3 Å². The number of Topliss-reactive ketones (excluding diaryl/α,β-unsaturated/α-hetero) is 1. The molecule has 3 aromatic rings. The average Bonchev–Trinajstić information content (AvgIpc) is 3.25. The third-order valence-corrected chi connectivity index (χ3v) is 6.07. The van der Waals surface area contributed by atoms with Gasteiger partial charge < -0.3 is 14.2 Å². The number of benzene rings is 2. The van der Waals surface area contributed by atoms with Gasteiger partial charge in [0.2, 0.25) is 0 Å². The van der Waals surface area contributed by atoms with Crippen molar-refractivity contribution in [2.24, 2.45) is 5.92 Å². The largest absolute Gasteiger partial charge is 0.449 e. The molecule has 4 rings (SSSR count). The predicted octanol–water partition coefficient (Wildman–Crippen LogP) is 5.12. The Morgan fingerprint density at radius 2 is 1.94 bits per heavy atom. The van der Waals surface area contributed by atoms with Crippen LogP contribution in [0.2, 0.25) is 0 Å². The van der Waals surface area contributed by atoms with Crippen LogP contribution < -0.4 is 5.32 Å². The quantitative estimate of drug-likeness (QED) is 0.369. The topological polar surface area (TPSA) is 84.7 Å². The van der Waals surface area contributed by atoms with Gasteiger partial charge in [0.1, 0.15) is 0 Å². The number of anilines is 1. The molecule has 31 heavy (non-hydrogen) atoms. The highest BCUT2D eigenvalue weighted by Crippen LogP contribution is 2.23. The van der Waals surface area contributed by atoms with Gasteiger partial charge in [0.05, 0.1) is 12.8 Å². The lowest BCUT2D eigenvalue weighted by Crippen LogP contribution is -2.37. The number of amides is 1. The Balaban J connectivity index is 1.13. The zero-order chi connectivity index (χ0) is 21.6. The van der Waals surface area contributed by atoms with E-state index in [0.29, 0.717) is 17.9 Å². The zero-order valence-electron chi connectivity index (χ0n) is 17.1. The lowest BCUT2D eigenvalue weighted by Gasteiger charge is -2.31. The summed E-state index contributed by atoms with van der Waals surface area (Å²) in [6, 6.07) is 12.9. The summed E-state index contributed by atoms with van der Waals surface area (Å²) in [7, 11) is 0. The van der Waals surface area contributed by atoms with Gasteiger partial charge in [-0.3, -0.25) is 10.1 Å². The summed E-state index contributed by atoms with van der Waals surface area (Å²) in [5.74, 6) is 0.318. The van der Waals surface area contributed by atoms with Crippen LogP contribution in [-0.4, -0.2) is 48.2 Å². The van der Waals surface area contributed by atoms with E-state index in [9.17, 15) is 9.59 Å². The van der Waals surface area contributed by atoms with Crippen molar-refractivity contribution >= 4 is 44.5 Å². The fourth-order valence-electron chi connectivity index (χ4n) is 3.83. The molecule has 7 nitrogen and oxygen atoms in total. The van der Waals surface area contributed by atoms with Gasteiger partial charge in [0, 0.05) is 33.6 Å². The summed E-state index contributed by atoms with van der Waals surface area (Å²) in [6.07, 6.45) is 3.60. The van der Waals surface area contributed by atoms with Crippen LogP contribution in [0.15, 0.2) is 57.7 Å².